The maximum atomic E-state index is 14.6. The van der Waals surface area contributed by atoms with Crippen LogP contribution in [0.15, 0.2) is 119 Å². The predicted octanol–water partition coefficient (Wildman–Crippen LogP) is 6.29. The van der Waals surface area contributed by atoms with Gasteiger partial charge in [-0.3, -0.25) is 9.36 Å². The van der Waals surface area contributed by atoms with Crippen LogP contribution >= 0.6 is 11.3 Å². The van der Waals surface area contributed by atoms with Crippen LogP contribution < -0.4 is 29.1 Å². The van der Waals surface area contributed by atoms with Gasteiger partial charge in [-0.1, -0.05) is 77.6 Å². The molecule has 1 unspecified atom stereocenters. The second-order valence-electron chi connectivity index (χ2n) is 12.0. The van der Waals surface area contributed by atoms with E-state index in [0.717, 1.165) is 27.8 Å². The third-order valence-electron chi connectivity index (χ3n) is 8.83. The molecular weight excluding hydrogens is 663 g/mol. The van der Waals surface area contributed by atoms with E-state index in [1.54, 1.807) is 43.9 Å². The fourth-order valence-electron chi connectivity index (χ4n) is 6.40. The Balaban J connectivity index is 1.40. The highest BCUT2D eigenvalue weighted by Crippen LogP contribution is 2.40. The third kappa shape index (κ3) is 6.58. The second-order valence-corrected chi connectivity index (χ2v) is 13.0. The van der Waals surface area contributed by atoms with Crippen molar-refractivity contribution < 1.29 is 23.7 Å². The topological polar surface area (TPSA) is 93.3 Å². The molecule has 0 fully saturated rings. The number of aromatic nitrogens is 2. The number of hydrogen-bond donors (Lipinski definition) is 0. The highest BCUT2D eigenvalue weighted by molar-refractivity contribution is 7.07. The number of thiazole rings is 1. The molecule has 4 aromatic carbocycles. The summed E-state index contributed by atoms with van der Waals surface area (Å²) >= 11 is 1.27. The van der Waals surface area contributed by atoms with Gasteiger partial charge in [-0.25, -0.2) is 9.79 Å². The quantitative estimate of drug-likeness (QED) is 0.148. The third-order valence-corrected chi connectivity index (χ3v) is 9.82. The van der Waals surface area contributed by atoms with Gasteiger partial charge >= 0.3 is 5.97 Å². The minimum Gasteiger partial charge on any atom is -0.497 e. The van der Waals surface area contributed by atoms with Gasteiger partial charge in [0.1, 0.15) is 29.9 Å². The lowest BCUT2D eigenvalue weighted by Gasteiger charge is -2.27. The number of fused-ring (bicyclic) bond motifs is 2. The molecule has 2 aromatic heterocycles. The van der Waals surface area contributed by atoms with E-state index >= 15 is 0 Å². The summed E-state index contributed by atoms with van der Waals surface area (Å²) in [6.45, 7) is 5.04. The van der Waals surface area contributed by atoms with Crippen LogP contribution in [0.2, 0.25) is 0 Å². The Bertz CT molecular complexity index is 2440. The van der Waals surface area contributed by atoms with Gasteiger partial charge in [-0.05, 0) is 56.3 Å². The van der Waals surface area contributed by atoms with Crippen LogP contribution in [0, 0.1) is 6.92 Å². The average molecular weight is 700 g/mol. The van der Waals surface area contributed by atoms with Crippen LogP contribution in [0.1, 0.15) is 35.2 Å². The van der Waals surface area contributed by atoms with E-state index in [2.05, 4.69) is 10.6 Å². The summed E-state index contributed by atoms with van der Waals surface area (Å²) in [5.41, 5.74) is 4.76. The number of hydrogen-bond acceptors (Lipinski definition) is 8. The van der Waals surface area contributed by atoms with E-state index in [-0.39, 0.29) is 17.7 Å². The maximum Gasteiger partial charge on any atom is 0.338 e. The van der Waals surface area contributed by atoms with Crippen molar-refractivity contribution in [2.24, 2.45) is 4.99 Å². The number of para-hydroxylation sites is 1. The smallest absolute Gasteiger partial charge is 0.338 e. The summed E-state index contributed by atoms with van der Waals surface area (Å²) in [6.07, 6.45) is 3.95. The van der Waals surface area contributed by atoms with E-state index in [0.29, 0.717) is 45.2 Å². The first kappa shape index (κ1) is 33.6. The normalized spacial score (nSPS) is 14.3. The van der Waals surface area contributed by atoms with Crippen molar-refractivity contribution in [3.05, 3.63) is 151 Å². The number of methoxy groups -OCH3 is 2. The van der Waals surface area contributed by atoms with Gasteiger partial charge in [0.25, 0.3) is 5.56 Å². The highest BCUT2D eigenvalue weighted by Gasteiger charge is 2.37. The fraction of sp³-hybridized carbons (Fsp3) is 0.195. The zero-order chi connectivity index (χ0) is 35.5. The zero-order valence-electron chi connectivity index (χ0n) is 28.8. The van der Waals surface area contributed by atoms with Gasteiger partial charge < -0.3 is 23.5 Å². The summed E-state index contributed by atoms with van der Waals surface area (Å²) in [6, 6.07) is 30.0. The summed E-state index contributed by atoms with van der Waals surface area (Å²) in [7, 11) is 3.13. The minimum atomic E-state index is -0.914. The van der Waals surface area contributed by atoms with Crippen LogP contribution in [0.3, 0.4) is 0 Å². The number of aryl methyl sites for hydroxylation is 1. The lowest BCUT2D eigenvalue weighted by Crippen LogP contribution is -2.40. The maximum absolute atomic E-state index is 14.6. The SMILES string of the molecule is CCOC(=O)C1=C(c2ccccc2)N=c2s/c(=C\c3cn(CCOc4ccc(C)cc4)c4ccccc34)c(=O)n2C1c1cc(OC)ccc1OC. The van der Waals surface area contributed by atoms with Crippen molar-refractivity contribution in [3.63, 3.8) is 0 Å². The summed E-state index contributed by atoms with van der Waals surface area (Å²) < 4.78 is 27.2. The number of esters is 1. The fourth-order valence-corrected chi connectivity index (χ4v) is 7.39. The Morgan fingerprint density at radius 1 is 0.922 bits per heavy atom. The molecule has 0 radical (unpaired) electrons. The number of nitrogens with zero attached hydrogens (tertiary/aromatic N) is 3. The molecule has 7 rings (SSSR count). The summed E-state index contributed by atoms with van der Waals surface area (Å²) in [5.74, 6) is 1.29. The van der Waals surface area contributed by atoms with E-state index in [4.69, 9.17) is 23.9 Å². The molecule has 1 aliphatic rings. The highest BCUT2D eigenvalue weighted by atomic mass is 32.1. The Morgan fingerprint density at radius 3 is 2.41 bits per heavy atom. The van der Waals surface area contributed by atoms with Crippen molar-refractivity contribution in [1.29, 1.82) is 0 Å². The molecule has 0 bridgehead atoms. The lowest BCUT2D eigenvalue weighted by molar-refractivity contribution is -0.138. The van der Waals surface area contributed by atoms with Crippen molar-refractivity contribution in [2.45, 2.75) is 26.4 Å². The number of carbonyl (C=O) groups excluding carboxylic acids is 1. The zero-order valence-corrected chi connectivity index (χ0v) is 29.6. The number of carbonyl (C=O) groups is 1. The second kappa shape index (κ2) is 14.5. The Kier molecular flexibility index (Phi) is 9.59. The van der Waals surface area contributed by atoms with Crippen LogP contribution in [0.25, 0.3) is 22.7 Å². The molecule has 258 valence electrons. The molecule has 6 aromatic rings. The van der Waals surface area contributed by atoms with Gasteiger partial charge in [0, 0.05) is 33.8 Å². The summed E-state index contributed by atoms with van der Waals surface area (Å²) in [5, 5.41) is 1.00. The molecule has 1 atom stereocenters. The van der Waals surface area contributed by atoms with Crippen LogP contribution in [-0.4, -0.2) is 42.5 Å². The van der Waals surface area contributed by atoms with Crippen molar-refractivity contribution in [2.75, 3.05) is 27.4 Å². The van der Waals surface area contributed by atoms with Gasteiger partial charge in [-0.15, -0.1) is 0 Å². The van der Waals surface area contributed by atoms with E-state index in [1.807, 2.05) is 92.0 Å². The molecule has 3 heterocycles. The average Bonchev–Trinajstić information content (AvgIpc) is 3.67. The number of rotatable bonds is 11. The van der Waals surface area contributed by atoms with E-state index in [9.17, 15) is 9.59 Å². The minimum absolute atomic E-state index is 0.150. The molecule has 1 aliphatic heterocycles. The first-order valence-electron chi connectivity index (χ1n) is 16.7. The van der Waals surface area contributed by atoms with Crippen molar-refractivity contribution in [3.8, 4) is 17.2 Å². The first-order chi connectivity index (χ1) is 24.9. The van der Waals surface area contributed by atoms with Crippen LogP contribution in [0.5, 0.6) is 17.2 Å². The van der Waals surface area contributed by atoms with E-state index < -0.39 is 12.0 Å². The monoisotopic (exact) mass is 699 g/mol. The molecule has 0 amide bonds. The number of ether oxygens (including phenoxy) is 4. The standard InChI is InChI=1S/C41H37N3O6S/c1-5-49-40(46)36-37(27-11-7-6-8-12-27)42-41-44(38(36)32-24-30(47-3)19-20-34(32)48-4)39(45)35(51-41)23-28-25-43(33-14-10-9-13-31(28)33)21-22-50-29-17-15-26(2)16-18-29/h6-20,23-25,38H,5,21-22H2,1-4H3/b35-23-. The molecule has 0 saturated carbocycles. The Labute approximate surface area is 298 Å². The Morgan fingerprint density at radius 2 is 1.67 bits per heavy atom. The van der Waals surface area contributed by atoms with Gasteiger partial charge in [-0.2, -0.15) is 0 Å². The molecule has 10 heteroatoms. The molecule has 0 N–H and O–H groups in total. The summed E-state index contributed by atoms with van der Waals surface area (Å²) in [4.78, 5) is 34.0. The van der Waals surface area contributed by atoms with Crippen molar-refractivity contribution >= 4 is 40.0 Å². The van der Waals surface area contributed by atoms with Gasteiger partial charge in [0.05, 0.1) is 43.2 Å². The van der Waals surface area contributed by atoms with Crippen molar-refractivity contribution in [1.82, 2.24) is 9.13 Å². The lowest BCUT2D eigenvalue weighted by atomic mass is 9.92. The van der Waals surface area contributed by atoms with Crippen LogP contribution in [0.4, 0.5) is 0 Å². The molecule has 9 nitrogen and oxygen atoms in total. The predicted molar refractivity (Wildman–Crippen MR) is 199 cm³/mol. The van der Waals surface area contributed by atoms with Gasteiger partial charge in [0.2, 0.25) is 0 Å². The van der Waals surface area contributed by atoms with Gasteiger partial charge in [0.15, 0.2) is 4.80 Å². The number of benzene rings is 4. The molecule has 0 saturated heterocycles. The van der Waals surface area contributed by atoms with Crippen LogP contribution in [-0.2, 0) is 16.1 Å². The van der Waals surface area contributed by atoms with E-state index in [1.165, 1.54) is 16.9 Å². The first-order valence-corrected chi connectivity index (χ1v) is 17.5. The largest absolute Gasteiger partial charge is 0.497 e. The Hall–Kier alpha value is -5.87. The molecule has 0 aliphatic carbocycles. The molecule has 51 heavy (non-hydrogen) atoms. The molecular formula is C41H37N3O6S. The molecule has 0 spiro atoms.